The Labute approximate surface area is 211 Å². The number of aromatic nitrogens is 6. The van der Waals surface area contributed by atoms with Crippen LogP contribution in [0.3, 0.4) is 0 Å². The molecule has 0 radical (unpaired) electrons. The van der Waals surface area contributed by atoms with E-state index in [4.69, 9.17) is 19.0 Å². The quantitative estimate of drug-likeness (QED) is 0.349. The van der Waals surface area contributed by atoms with E-state index in [-0.39, 0.29) is 5.91 Å². The Morgan fingerprint density at radius 3 is 2.76 bits per heavy atom. The van der Waals surface area contributed by atoms with E-state index >= 15 is 0 Å². The average Bonchev–Trinajstić information content (AvgIpc) is 3.65. The maximum atomic E-state index is 12.4. The van der Waals surface area contributed by atoms with Crippen molar-refractivity contribution in [3.8, 4) is 40.4 Å². The lowest BCUT2D eigenvalue weighted by Crippen LogP contribution is -2.24. The topological polar surface area (TPSA) is 132 Å². The number of aromatic amines is 1. The average molecular weight is 498 g/mol. The summed E-state index contributed by atoms with van der Waals surface area (Å²) in [5.74, 6) is 3.25. The second-order valence-electron chi connectivity index (χ2n) is 8.66. The van der Waals surface area contributed by atoms with Crippen molar-refractivity contribution in [2.24, 2.45) is 0 Å². The first kappa shape index (κ1) is 22.7. The van der Waals surface area contributed by atoms with Gasteiger partial charge in [0.2, 0.25) is 23.5 Å². The van der Waals surface area contributed by atoms with Crippen LogP contribution in [-0.2, 0) is 11.3 Å². The Kier molecular flexibility index (Phi) is 5.72. The van der Waals surface area contributed by atoms with Crippen molar-refractivity contribution in [2.75, 3.05) is 13.7 Å². The summed E-state index contributed by atoms with van der Waals surface area (Å²) < 4.78 is 16.5. The molecule has 1 amide bonds. The molecule has 0 spiro atoms. The molecule has 6 rings (SSSR count). The van der Waals surface area contributed by atoms with E-state index in [1.807, 2.05) is 29.2 Å². The summed E-state index contributed by atoms with van der Waals surface area (Å²) in [5, 5.41) is 3.90. The van der Waals surface area contributed by atoms with Crippen LogP contribution in [0.4, 0.5) is 0 Å². The Bertz CT molecular complexity index is 1590. The minimum absolute atomic E-state index is 0.137. The highest BCUT2D eigenvalue weighted by molar-refractivity contribution is 5.82. The van der Waals surface area contributed by atoms with Gasteiger partial charge in [0.1, 0.15) is 22.9 Å². The molecule has 1 fully saturated rings. The minimum Gasteiger partial charge on any atom is -0.481 e. The van der Waals surface area contributed by atoms with E-state index < -0.39 is 0 Å². The monoisotopic (exact) mass is 497 g/mol. The van der Waals surface area contributed by atoms with Crippen molar-refractivity contribution in [1.29, 1.82) is 0 Å². The fourth-order valence-corrected chi connectivity index (χ4v) is 4.26. The molecule has 0 saturated carbocycles. The van der Waals surface area contributed by atoms with Crippen LogP contribution in [0.2, 0.25) is 0 Å². The Morgan fingerprint density at radius 1 is 1.11 bits per heavy atom. The highest BCUT2D eigenvalue weighted by Gasteiger charge is 2.23. The fourth-order valence-electron chi connectivity index (χ4n) is 4.26. The lowest BCUT2D eigenvalue weighted by Gasteiger charge is -2.18. The van der Waals surface area contributed by atoms with Gasteiger partial charge in [-0.05, 0) is 30.7 Å². The van der Waals surface area contributed by atoms with Gasteiger partial charge in [-0.25, -0.2) is 15.0 Å². The summed E-state index contributed by atoms with van der Waals surface area (Å²) in [7, 11) is 1.57. The molecule has 1 aliphatic rings. The van der Waals surface area contributed by atoms with Crippen molar-refractivity contribution < 1.29 is 18.8 Å². The number of rotatable bonds is 7. The standard InChI is InChI=1S/C26H23N7O4/c1-15-28-26(32-37-15)18-9-8-17(13-27-18)36-22-12-21-20(11-16(22)14-33-10-4-7-24(33)34)30-25(31-21)19-5-3-6-23(29-19)35-2/h3,5-6,8-9,11-13H,4,7,10,14H2,1-2H3,(H,30,31). The molecule has 0 aliphatic carbocycles. The van der Waals surface area contributed by atoms with Gasteiger partial charge >= 0.3 is 0 Å². The third-order valence-electron chi connectivity index (χ3n) is 6.09. The first-order valence-corrected chi connectivity index (χ1v) is 11.8. The number of hydrogen-bond donors (Lipinski definition) is 1. The Morgan fingerprint density at radius 2 is 2.03 bits per heavy atom. The van der Waals surface area contributed by atoms with Gasteiger partial charge in [0.25, 0.3) is 0 Å². The van der Waals surface area contributed by atoms with Crippen molar-refractivity contribution in [3.63, 3.8) is 0 Å². The van der Waals surface area contributed by atoms with E-state index in [0.717, 1.165) is 24.0 Å². The number of carbonyl (C=O) groups excluding carboxylic acids is 1. The van der Waals surface area contributed by atoms with Gasteiger partial charge in [-0.15, -0.1) is 0 Å². The number of pyridine rings is 2. The molecule has 11 nitrogen and oxygen atoms in total. The summed E-state index contributed by atoms with van der Waals surface area (Å²) in [6.45, 7) is 2.88. The zero-order valence-electron chi connectivity index (χ0n) is 20.3. The number of methoxy groups -OCH3 is 1. The maximum Gasteiger partial charge on any atom is 0.223 e. The van der Waals surface area contributed by atoms with Crippen molar-refractivity contribution >= 4 is 16.9 Å². The number of benzene rings is 1. The highest BCUT2D eigenvalue weighted by atomic mass is 16.5. The molecule has 11 heteroatoms. The lowest BCUT2D eigenvalue weighted by atomic mass is 10.1. The molecule has 5 heterocycles. The number of fused-ring (bicyclic) bond motifs is 1. The second-order valence-corrected chi connectivity index (χ2v) is 8.66. The fraction of sp³-hybridized carbons (Fsp3) is 0.231. The summed E-state index contributed by atoms with van der Waals surface area (Å²) in [4.78, 5) is 35.3. The zero-order chi connectivity index (χ0) is 25.4. The van der Waals surface area contributed by atoms with Gasteiger partial charge in [0.05, 0.1) is 24.3 Å². The normalized spacial score (nSPS) is 13.5. The smallest absolute Gasteiger partial charge is 0.223 e. The molecule has 4 aromatic heterocycles. The highest BCUT2D eigenvalue weighted by Crippen LogP contribution is 2.33. The van der Waals surface area contributed by atoms with Crippen LogP contribution in [0.15, 0.2) is 53.2 Å². The number of hydrogen-bond acceptors (Lipinski definition) is 9. The van der Waals surface area contributed by atoms with Gasteiger partial charge in [-0.3, -0.25) is 4.79 Å². The van der Waals surface area contributed by atoms with Crippen molar-refractivity contribution in [3.05, 3.63) is 60.1 Å². The molecule has 186 valence electrons. The molecule has 37 heavy (non-hydrogen) atoms. The first-order valence-electron chi connectivity index (χ1n) is 11.8. The maximum absolute atomic E-state index is 12.4. The predicted octanol–water partition coefficient (Wildman–Crippen LogP) is 4.30. The van der Waals surface area contributed by atoms with Gasteiger partial charge in [0, 0.05) is 44.1 Å². The summed E-state index contributed by atoms with van der Waals surface area (Å²) in [6.07, 6.45) is 3.02. The Hall–Kier alpha value is -4.80. The lowest BCUT2D eigenvalue weighted by molar-refractivity contribution is -0.128. The number of aryl methyl sites for hydroxylation is 1. The van der Waals surface area contributed by atoms with Crippen LogP contribution >= 0.6 is 0 Å². The molecule has 0 atom stereocenters. The SMILES string of the molecule is COc1cccc(-c2nc3cc(Oc4ccc(-c5noc(C)n5)nc4)c(CN4CCCC4=O)cc3[nH]2)n1. The molecular weight excluding hydrogens is 474 g/mol. The third-order valence-corrected chi connectivity index (χ3v) is 6.09. The predicted molar refractivity (Wildman–Crippen MR) is 133 cm³/mol. The van der Waals surface area contributed by atoms with E-state index in [2.05, 4.69) is 25.1 Å². The van der Waals surface area contributed by atoms with E-state index in [1.54, 1.807) is 38.4 Å². The summed E-state index contributed by atoms with van der Waals surface area (Å²) in [6, 6.07) is 12.9. The van der Waals surface area contributed by atoms with Crippen LogP contribution in [0.1, 0.15) is 24.3 Å². The van der Waals surface area contributed by atoms with Crippen LogP contribution < -0.4 is 9.47 Å². The van der Waals surface area contributed by atoms with Crippen LogP contribution in [0, 0.1) is 6.92 Å². The van der Waals surface area contributed by atoms with Gasteiger partial charge < -0.3 is 23.9 Å². The minimum atomic E-state index is 0.137. The second kappa shape index (κ2) is 9.34. The first-order chi connectivity index (χ1) is 18.1. The molecule has 1 aliphatic heterocycles. The summed E-state index contributed by atoms with van der Waals surface area (Å²) in [5.41, 5.74) is 3.61. The molecule has 0 bridgehead atoms. The number of nitrogens with zero attached hydrogens (tertiary/aromatic N) is 6. The van der Waals surface area contributed by atoms with Crippen LogP contribution in [-0.4, -0.2) is 54.5 Å². The number of ether oxygens (including phenoxy) is 2. The molecule has 0 unspecified atom stereocenters. The van der Waals surface area contributed by atoms with Crippen molar-refractivity contribution in [2.45, 2.75) is 26.3 Å². The number of H-pyrrole nitrogens is 1. The van der Waals surface area contributed by atoms with Gasteiger partial charge in [-0.1, -0.05) is 11.2 Å². The van der Waals surface area contributed by atoms with E-state index in [1.165, 1.54) is 0 Å². The number of carbonyl (C=O) groups is 1. The molecule has 1 aromatic carbocycles. The molecule has 1 saturated heterocycles. The molecule has 5 aromatic rings. The summed E-state index contributed by atoms with van der Waals surface area (Å²) >= 11 is 0. The number of likely N-dealkylation sites (tertiary alicyclic amines) is 1. The number of amides is 1. The zero-order valence-corrected chi connectivity index (χ0v) is 20.3. The van der Waals surface area contributed by atoms with Crippen LogP contribution in [0.25, 0.3) is 34.1 Å². The number of nitrogens with one attached hydrogen (secondary N) is 1. The van der Waals surface area contributed by atoms with E-state index in [9.17, 15) is 4.79 Å². The van der Waals surface area contributed by atoms with Gasteiger partial charge in [-0.2, -0.15) is 4.98 Å². The van der Waals surface area contributed by atoms with Crippen LogP contribution in [0.5, 0.6) is 17.4 Å². The molecule has 1 N–H and O–H groups in total. The van der Waals surface area contributed by atoms with Crippen molar-refractivity contribution in [1.82, 2.24) is 35.0 Å². The largest absolute Gasteiger partial charge is 0.481 e. The van der Waals surface area contributed by atoms with Gasteiger partial charge in [0.15, 0.2) is 5.82 Å². The third kappa shape index (κ3) is 4.58. The number of imidazole rings is 1. The van der Waals surface area contributed by atoms with E-state index in [0.29, 0.717) is 64.8 Å². The Balaban J connectivity index is 1.35. The molecular formula is C26H23N7O4.